The van der Waals surface area contributed by atoms with Gasteiger partial charge >= 0.3 is 7.12 Å². The van der Waals surface area contributed by atoms with Crippen molar-refractivity contribution in [3.63, 3.8) is 0 Å². The Morgan fingerprint density at radius 3 is 2.44 bits per heavy atom. The van der Waals surface area contributed by atoms with Crippen molar-refractivity contribution in [3.05, 3.63) is 36.7 Å². The molecule has 0 N–H and O–H groups in total. The smallest absolute Gasteiger partial charge is 0.399 e. The molecule has 4 heteroatoms. The molecule has 18 heavy (non-hydrogen) atoms. The van der Waals surface area contributed by atoms with Crippen molar-refractivity contribution >= 4 is 12.6 Å². The SMILES string of the molecule is C=CCc1ncccc1B1OC(C)(C)C(C)(C)O1. The minimum atomic E-state index is -0.348. The summed E-state index contributed by atoms with van der Waals surface area (Å²) >= 11 is 0. The molecular weight excluding hydrogens is 225 g/mol. The maximum atomic E-state index is 6.04. The molecule has 0 bridgehead atoms. The van der Waals surface area contributed by atoms with Crippen LogP contribution in [0.2, 0.25) is 0 Å². The molecule has 1 aromatic rings. The Kier molecular flexibility index (Phi) is 3.34. The molecule has 2 heterocycles. The zero-order valence-corrected chi connectivity index (χ0v) is 11.6. The number of hydrogen-bond donors (Lipinski definition) is 0. The summed E-state index contributed by atoms with van der Waals surface area (Å²) in [5, 5.41) is 0. The van der Waals surface area contributed by atoms with Gasteiger partial charge in [0.15, 0.2) is 0 Å². The first-order valence-corrected chi connectivity index (χ1v) is 6.28. The third kappa shape index (κ3) is 2.23. The van der Waals surface area contributed by atoms with Crippen LogP contribution in [0.1, 0.15) is 33.4 Å². The van der Waals surface area contributed by atoms with Gasteiger partial charge in [0.2, 0.25) is 0 Å². The standard InChI is InChI=1S/C14H20BNO2/c1-6-8-12-11(9-7-10-16-12)15-17-13(2,3)14(4,5)18-15/h6-7,9-10H,1,8H2,2-5H3. The molecule has 0 unspecified atom stereocenters. The minimum absolute atomic E-state index is 0.320. The fraction of sp³-hybridized carbons (Fsp3) is 0.500. The van der Waals surface area contributed by atoms with Crippen molar-refractivity contribution < 1.29 is 9.31 Å². The molecule has 0 saturated carbocycles. The van der Waals surface area contributed by atoms with Crippen LogP contribution >= 0.6 is 0 Å². The van der Waals surface area contributed by atoms with Gasteiger partial charge in [0, 0.05) is 23.8 Å². The van der Waals surface area contributed by atoms with Crippen LogP contribution in [0.15, 0.2) is 31.0 Å². The van der Waals surface area contributed by atoms with Gasteiger partial charge in [0.1, 0.15) is 0 Å². The van der Waals surface area contributed by atoms with Gasteiger partial charge in [-0.15, -0.1) is 6.58 Å². The van der Waals surface area contributed by atoms with Crippen LogP contribution in [0.4, 0.5) is 0 Å². The lowest BCUT2D eigenvalue weighted by Gasteiger charge is -2.32. The summed E-state index contributed by atoms with van der Waals surface area (Å²) in [5.74, 6) is 0. The zero-order chi connectivity index (χ0) is 13.4. The second-order valence-corrected chi connectivity index (χ2v) is 5.62. The van der Waals surface area contributed by atoms with Gasteiger partial charge < -0.3 is 9.31 Å². The van der Waals surface area contributed by atoms with Crippen molar-refractivity contribution in [2.24, 2.45) is 0 Å². The molecule has 0 aromatic carbocycles. The van der Waals surface area contributed by atoms with E-state index in [0.29, 0.717) is 0 Å². The maximum Gasteiger partial charge on any atom is 0.496 e. The second-order valence-electron chi connectivity index (χ2n) is 5.62. The molecule has 1 aromatic heterocycles. The molecule has 0 radical (unpaired) electrons. The Morgan fingerprint density at radius 2 is 1.89 bits per heavy atom. The van der Waals surface area contributed by atoms with E-state index in [0.717, 1.165) is 17.6 Å². The minimum Gasteiger partial charge on any atom is -0.399 e. The Morgan fingerprint density at radius 1 is 1.28 bits per heavy atom. The van der Waals surface area contributed by atoms with Crippen LogP contribution in [0.25, 0.3) is 0 Å². The highest BCUT2D eigenvalue weighted by Gasteiger charge is 2.52. The Labute approximate surface area is 109 Å². The number of aromatic nitrogens is 1. The van der Waals surface area contributed by atoms with Crippen LogP contribution in [0.3, 0.4) is 0 Å². The van der Waals surface area contributed by atoms with Gasteiger partial charge in [0.25, 0.3) is 0 Å². The summed E-state index contributed by atoms with van der Waals surface area (Å²) in [6.45, 7) is 12.0. The number of rotatable bonds is 3. The molecule has 2 rings (SSSR count). The fourth-order valence-electron chi connectivity index (χ4n) is 1.94. The second kappa shape index (κ2) is 4.52. The molecule has 1 aliphatic rings. The van der Waals surface area contributed by atoms with Crippen LogP contribution in [0.5, 0.6) is 0 Å². The number of nitrogens with zero attached hydrogens (tertiary/aromatic N) is 1. The number of pyridine rings is 1. The summed E-state index contributed by atoms with van der Waals surface area (Å²) in [6, 6.07) is 3.92. The molecule has 3 nitrogen and oxygen atoms in total. The summed E-state index contributed by atoms with van der Waals surface area (Å²) in [5.41, 5.74) is 1.32. The van der Waals surface area contributed by atoms with Crippen LogP contribution in [-0.4, -0.2) is 23.3 Å². The molecule has 0 amide bonds. The first-order chi connectivity index (χ1) is 8.37. The summed E-state index contributed by atoms with van der Waals surface area (Å²) in [4.78, 5) is 4.38. The van der Waals surface area contributed by atoms with E-state index in [-0.39, 0.29) is 18.3 Å². The molecule has 1 aliphatic heterocycles. The van der Waals surface area contributed by atoms with Crippen molar-refractivity contribution in [3.8, 4) is 0 Å². The highest BCUT2D eigenvalue weighted by Crippen LogP contribution is 2.36. The monoisotopic (exact) mass is 245 g/mol. The quantitative estimate of drug-likeness (QED) is 0.603. The lowest BCUT2D eigenvalue weighted by molar-refractivity contribution is 0.00578. The van der Waals surface area contributed by atoms with E-state index < -0.39 is 0 Å². The van der Waals surface area contributed by atoms with Gasteiger partial charge in [-0.25, -0.2) is 0 Å². The van der Waals surface area contributed by atoms with Gasteiger partial charge in [0.05, 0.1) is 11.2 Å². The summed E-state index contributed by atoms with van der Waals surface area (Å²) in [6.07, 6.45) is 4.35. The van der Waals surface area contributed by atoms with Crippen molar-refractivity contribution in [1.82, 2.24) is 4.98 Å². The van der Waals surface area contributed by atoms with E-state index in [1.54, 1.807) is 6.20 Å². The number of allylic oxidation sites excluding steroid dienone is 1. The molecule has 1 saturated heterocycles. The third-order valence-corrected chi connectivity index (χ3v) is 3.77. The van der Waals surface area contributed by atoms with Crippen molar-refractivity contribution in [2.75, 3.05) is 0 Å². The third-order valence-electron chi connectivity index (χ3n) is 3.77. The molecule has 96 valence electrons. The van der Waals surface area contributed by atoms with Crippen molar-refractivity contribution in [2.45, 2.75) is 45.3 Å². The predicted octanol–water partition coefficient (Wildman–Crippen LogP) is 2.11. The Balaban J connectivity index is 2.32. The van der Waals surface area contributed by atoms with Crippen LogP contribution in [0, 0.1) is 0 Å². The Hall–Kier alpha value is -1.13. The number of hydrogen-bond acceptors (Lipinski definition) is 3. The molecule has 0 aliphatic carbocycles. The molecular formula is C14H20BNO2. The Bertz CT molecular complexity index is 441. The largest absolute Gasteiger partial charge is 0.496 e. The summed E-state index contributed by atoms with van der Waals surface area (Å²) in [7, 11) is -0.348. The topological polar surface area (TPSA) is 31.4 Å². The lowest BCUT2D eigenvalue weighted by Crippen LogP contribution is -2.41. The highest BCUT2D eigenvalue weighted by molar-refractivity contribution is 6.62. The predicted molar refractivity (Wildman–Crippen MR) is 73.9 cm³/mol. The average Bonchev–Trinajstić information content (AvgIpc) is 2.49. The molecule has 0 atom stereocenters. The van der Waals surface area contributed by atoms with E-state index in [1.165, 1.54) is 0 Å². The van der Waals surface area contributed by atoms with E-state index in [4.69, 9.17) is 9.31 Å². The zero-order valence-electron chi connectivity index (χ0n) is 11.6. The summed E-state index contributed by atoms with van der Waals surface area (Å²) < 4.78 is 12.1. The normalized spacial score (nSPS) is 21.0. The average molecular weight is 245 g/mol. The van der Waals surface area contributed by atoms with Gasteiger partial charge in [-0.1, -0.05) is 12.1 Å². The molecule has 0 spiro atoms. The lowest BCUT2D eigenvalue weighted by atomic mass is 9.77. The van der Waals surface area contributed by atoms with E-state index in [9.17, 15) is 0 Å². The molecule has 1 fully saturated rings. The van der Waals surface area contributed by atoms with Gasteiger partial charge in [-0.05, 0) is 33.8 Å². The first-order valence-electron chi connectivity index (χ1n) is 6.28. The van der Waals surface area contributed by atoms with E-state index in [2.05, 4.69) is 39.3 Å². The van der Waals surface area contributed by atoms with Crippen molar-refractivity contribution in [1.29, 1.82) is 0 Å². The fourth-order valence-corrected chi connectivity index (χ4v) is 1.94. The van der Waals surface area contributed by atoms with E-state index >= 15 is 0 Å². The van der Waals surface area contributed by atoms with E-state index in [1.807, 2.05) is 18.2 Å². The highest BCUT2D eigenvalue weighted by atomic mass is 16.7. The van der Waals surface area contributed by atoms with Gasteiger partial charge in [-0.3, -0.25) is 4.98 Å². The van der Waals surface area contributed by atoms with Crippen LogP contribution in [-0.2, 0) is 15.7 Å². The first kappa shape index (κ1) is 13.3. The maximum absolute atomic E-state index is 6.04. The van der Waals surface area contributed by atoms with Gasteiger partial charge in [-0.2, -0.15) is 0 Å². The van der Waals surface area contributed by atoms with Crippen LogP contribution < -0.4 is 5.46 Å².